The Morgan fingerprint density at radius 1 is 1.14 bits per heavy atom. The number of ether oxygens (including phenoxy) is 2. The van der Waals surface area contributed by atoms with Gasteiger partial charge in [-0.05, 0) is 56.2 Å². The maximum Gasteiger partial charge on any atom is 0.267 e. The molecule has 0 unspecified atom stereocenters. The Morgan fingerprint density at radius 3 is 2.54 bits per heavy atom. The van der Waals surface area contributed by atoms with E-state index in [-0.39, 0.29) is 5.91 Å². The Balaban J connectivity index is 1.68. The molecule has 0 fully saturated rings. The number of benzene rings is 2. The molecular weight excluding hydrogens is 374 g/mol. The molecule has 2 aromatic carbocycles. The first-order valence-electron chi connectivity index (χ1n) is 9.03. The zero-order chi connectivity index (χ0) is 20.1. The van der Waals surface area contributed by atoms with Crippen molar-refractivity contribution in [2.24, 2.45) is 0 Å². The number of carbonyl (C=O) groups excluding carboxylic acids is 1. The van der Waals surface area contributed by atoms with E-state index < -0.39 is 6.10 Å². The minimum atomic E-state index is -0.602. The van der Waals surface area contributed by atoms with Crippen molar-refractivity contribution in [2.45, 2.75) is 33.3 Å². The molecule has 0 aliphatic heterocycles. The second kappa shape index (κ2) is 8.84. The maximum atomic E-state index is 12.6. The second-order valence-corrected chi connectivity index (χ2v) is 7.39. The topological polar surface area (TPSA) is 73.3 Å². The molecule has 1 aromatic heterocycles. The predicted molar refractivity (Wildman–Crippen MR) is 111 cm³/mol. The van der Waals surface area contributed by atoms with Crippen molar-refractivity contribution in [1.82, 2.24) is 10.2 Å². The van der Waals surface area contributed by atoms with Crippen LogP contribution in [0.1, 0.15) is 24.5 Å². The predicted octanol–water partition coefficient (Wildman–Crippen LogP) is 4.63. The van der Waals surface area contributed by atoms with Crippen LogP contribution < -0.4 is 14.8 Å². The summed E-state index contributed by atoms with van der Waals surface area (Å²) in [6.07, 6.45) is -0.0572. The summed E-state index contributed by atoms with van der Waals surface area (Å²) < 4.78 is 11.1. The van der Waals surface area contributed by atoms with Gasteiger partial charge >= 0.3 is 0 Å². The van der Waals surface area contributed by atoms with Gasteiger partial charge in [0.15, 0.2) is 6.10 Å². The fraction of sp³-hybridized carbons (Fsp3) is 0.286. The summed E-state index contributed by atoms with van der Waals surface area (Å²) in [5, 5.41) is 12.2. The first-order valence-corrected chi connectivity index (χ1v) is 9.84. The quantitative estimate of drug-likeness (QED) is 0.629. The molecule has 0 aliphatic carbocycles. The lowest BCUT2D eigenvalue weighted by atomic mass is 10.1. The van der Waals surface area contributed by atoms with E-state index in [1.165, 1.54) is 11.3 Å². The van der Waals surface area contributed by atoms with Gasteiger partial charge in [-0.3, -0.25) is 10.1 Å². The van der Waals surface area contributed by atoms with Gasteiger partial charge in [-0.2, -0.15) is 0 Å². The van der Waals surface area contributed by atoms with Crippen LogP contribution in [0.2, 0.25) is 0 Å². The Labute approximate surface area is 168 Å². The lowest BCUT2D eigenvalue weighted by Crippen LogP contribution is -2.32. The van der Waals surface area contributed by atoms with E-state index in [0.717, 1.165) is 27.4 Å². The zero-order valence-corrected chi connectivity index (χ0v) is 17.2. The van der Waals surface area contributed by atoms with Crippen molar-refractivity contribution in [3.8, 4) is 22.1 Å². The van der Waals surface area contributed by atoms with Crippen LogP contribution in [0.4, 0.5) is 5.13 Å². The number of hydrogen-bond donors (Lipinski definition) is 1. The Kier molecular flexibility index (Phi) is 6.26. The summed E-state index contributed by atoms with van der Waals surface area (Å²) >= 11 is 1.32. The molecule has 7 heteroatoms. The van der Waals surface area contributed by atoms with Crippen LogP contribution >= 0.6 is 11.3 Å². The van der Waals surface area contributed by atoms with Gasteiger partial charge in [0.25, 0.3) is 5.91 Å². The van der Waals surface area contributed by atoms with Gasteiger partial charge in [-0.15, -0.1) is 10.2 Å². The first-order chi connectivity index (χ1) is 13.5. The van der Waals surface area contributed by atoms with Gasteiger partial charge in [0.2, 0.25) is 5.13 Å². The number of anilines is 1. The summed E-state index contributed by atoms with van der Waals surface area (Å²) in [5.41, 5.74) is 3.07. The van der Waals surface area contributed by atoms with Gasteiger partial charge in [-0.1, -0.05) is 36.0 Å². The molecule has 0 aliphatic rings. The summed E-state index contributed by atoms with van der Waals surface area (Å²) in [5.74, 6) is 1.25. The average Bonchev–Trinajstić information content (AvgIpc) is 3.16. The van der Waals surface area contributed by atoms with Gasteiger partial charge in [0, 0.05) is 5.56 Å². The molecule has 1 amide bonds. The lowest BCUT2D eigenvalue weighted by molar-refractivity contribution is -0.122. The fourth-order valence-corrected chi connectivity index (χ4v) is 3.47. The van der Waals surface area contributed by atoms with E-state index >= 15 is 0 Å². The number of amides is 1. The van der Waals surface area contributed by atoms with Crippen molar-refractivity contribution in [3.63, 3.8) is 0 Å². The van der Waals surface area contributed by atoms with E-state index in [1.807, 2.05) is 63.2 Å². The summed E-state index contributed by atoms with van der Waals surface area (Å²) in [7, 11) is 1.62. The number of nitrogens with zero attached hydrogens (tertiary/aromatic N) is 2. The third kappa shape index (κ3) is 4.67. The number of nitrogens with one attached hydrogen (secondary N) is 1. The summed E-state index contributed by atoms with van der Waals surface area (Å²) in [6, 6.07) is 13.4. The molecule has 6 nitrogen and oxygen atoms in total. The van der Waals surface area contributed by atoms with E-state index in [2.05, 4.69) is 15.5 Å². The molecule has 0 spiro atoms. The minimum Gasteiger partial charge on any atom is -0.497 e. The molecule has 0 bridgehead atoms. The highest BCUT2D eigenvalue weighted by Crippen LogP contribution is 2.28. The smallest absolute Gasteiger partial charge is 0.267 e. The number of hydrogen-bond acceptors (Lipinski definition) is 6. The monoisotopic (exact) mass is 397 g/mol. The average molecular weight is 398 g/mol. The minimum absolute atomic E-state index is 0.236. The highest BCUT2D eigenvalue weighted by atomic mass is 32.1. The van der Waals surface area contributed by atoms with E-state index in [4.69, 9.17) is 9.47 Å². The summed E-state index contributed by atoms with van der Waals surface area (Å²) in [6.45, 7) is 5.91. The molecule has 3 aromatic rings. The van der Waals surface area contributed by atoms with E-state index in [9.17, 15) is 4.79 Å². The molecule has 28 heavy (non-hydrogen) atoms. The van der Waals surface area contributed by atoms with Crippen molar-refractivity contribution in [1.29, 1.82) is 0 Å². The van der Waals surface area contributed by atoms with Crippen molar-refractivity contribution >= 4 is 22.4 Å². The van der Waals surface area contributed by atoms with Gasteiger partial charge in [0.1, 0.15) is 16.5 Å². The zero-order valence-electron chi connectivity index (χ0n) is 16.4. The molecular formula is C21H23N3O3S. The molecule has 1 atom stereocenters. The van der Waals surface area contributed by atoms with Crippen LogP contribution in [0.25, 0.3) is 10.6 Å². The fourth-order valence-electron chi connectivity index (χ4n) is 2.72. The van der Waals surface area contributed by atoms with Crippen LogP contribution in [0.5, 0.6) is 11.5 Å². The van der Waals surface area contributed by atoms with E-state index in [0.29, 0.717) is 17.3 Å². The highest BCUT2D eigenvalue weighted by Gasteiger charge is 2.21. The van der Waals surface area contributed by atoms with Crippen molar-refractivity contribution < 1.29 is 14.3 Å². The number of rotatable bonds is 7. The van der Waals surface area contributed by atoms with E-state index in [1.54, 1.807) is 7.11 Å². The molecule has 3 rings (SSSR count). The molecule has 0 radical (unpaired) electrons. The number of carbonyl (C=O) groups is 1. The number of aryl methyl sites for hydroxylation is 2. The first kappa shape index (κ1) is 19.8. The highest BCUT2D eigenvalue weighted by molar-refractivity contribution is 7.18. The second-order valence-electron chi connectivity index (χ2n) is 6.41. The van der Waals surface area contributed by atoms with Gasteiger partial charge in [-0.25, -0.2) is 0 Å². The van der Waals surface area contributed by atoms with Gasteiger partial charge in [0.05, 0.1) is 7.11 Å². The molecule has 0 saturated heterocycles. The van der Waals surface area contributed by atoms with Crippen LogP contribution in [0, 0.1) is 13.8 Å². The third-order valence-electron chi connectivity index (χ3n) is 4.25. The van der Waals surface area contributed by atoms with Crippen LogP contribution in [0.15, 0.2) is 42.5 Å². The maximum absolute atomic E-state index is 12.6. The molecule has 1 N–H and O–H groups in total. The third-order valence-corrected chi connectivity index (χ3v) is 5.14. The summed E-state index contributed by atoms with van der Waals surface area (Å²) in [4.78, 5) is 12.6. The number of methoxy groups -OCH3 is 1. The Morgan fingerprint density at radius 2 is 1.89 bits per heavy atom. The number of aromatic nitrogens is 2. The van der Waals surface area contributed by atoms with Crippen molar-refractivity contribution in [2.75, 3.05) is 12.4 Å². The SMILES string of the molecule is CC[C@H](Oc1ccc(C)cc1C)C(=O)Nc1nnc(-c2ccc(OC)cc2)s1. The normalized spacial score (nSPS) is 11.7. The molecule has 146 valence electrons. The Hall–Kier alpha value is -2.93. The van der Waals surface area contributed by atoms with Crippen molar-refractivity contribution in [3.05, 3.63) is 53.6 Å². The lowest BCUT2D eigenvalue weighted by Gasteiger charge is -2.18. The van der Waals surface area contributed by atoms with Crippen LogP contribution in [0.3, 0.4) is 0 Å². The van der Waals surface area contributed by atoms with Crippen LogP contribution in [-0.2, 0) is 4.79 Å². The molecule has 1 heterocycles. The standard InChI is InChI=1S/C21H23N3O3S/c1-5-17(27-18-11-6-13(2)12-14(18)3)19(25)22-21-24-23-20(28-21)15-7-9-16(26-4)10-8-15/h6-12,17H,5H2,1-4H3,(H,22,24,25)/t17-/m0/s1. The Bertz CT molecular complexity index is 954. The molecule has 0 saturated carbocycles. The largest absolute Gasteiger partial charge is 0.497 e. The van der Waals surface area contributed by atoms with Gasteiger partial charge < -0.3 is 9.47 Å². The van der Waals surface area contributed by atoms with Crippen LogP contribution in [-0.4, -0.2) is 29.3 Å².